The van der Waals surface area contributed by atoms with Gasteiger partial charge in [0.25, 0.3) is 0 Å². The van der Waals surface area contributed by atoms with Gasteiger partial charge in [-0.2, -0.15) is 0 Å². The van der Waals surface area contributed by atoms with Gasteiger partial charge in [0, 0.05) is 40.1 Å². The number of benzene rings is 1. The highest BCUT2D eigenvalue weighted by atomic mass is 35.5. The molecule has 3 N–H and O–H groups in total. The summed E-state index contributed by atoms with van der Waals surface area (Å²) >= 11 is 6.01. The maximum absolute atomic E-state index is 11.8. The fourth-order valence-corrected chi connectivity index (χ4v) is 2.69. The molecule has 1 aromatic carbocycles. The molecule has 0 bridgehead atoms. The van der Waals surface area contributed by atoms with Gasteiger partial charge in [-0.15, -0.1) is 0 Å². The van der Waals surface area contributed by atoms with Crippen molar-refractivity contribution in [2.75, 3.05) is 6.54 Å². The molecule has 1 heterocycles. The van der Waals surface area contributed by atoms with Crippen LogP contribution in [0, 0.1) is 0 Å². The predicted molar refractivity (Wildman–Crippen MR) is 85.9 cm³/mol. The van der Waals surface area contributed by atoms with Crippen LogP contribution in [-0.2, 0) is 5.41 Å². The van der Waals surface area contributed by atoms with Crippen LogP contribution in [0.25, 0.3) is 10.9 Å². The Morgan fingerprint density at radius 2 is 2.19 bits per heavy atom. The average Bonchev–Trinajstić information content (AvgIpc) is 3.13. The second-order valence-electron chi connectivity index (χ2n) is 6.38. The summed E-state index contributed by atoms with van der Waals surface area (Å²) in [7, 11) is 0. The summed E-state index contributed by atoms with van der Waals surface area (Å²) in [6, 6.07) is 6.14. The van der Waals surface area contributed by atoms with Crippen molar-refractivity contribution < 1.29 is 4.79 Å². The minimum absolute atomic E-state index is 0.0755. The lowest BCUT2D eigenvalue weighted by atomic mass is 9.84. The highest BCUT2D eigenvalue weighted by Gasteiger charge is 2.27. The summed E-state index contributed by atoms with van der Waals surface area (Å²) in [4.78, 5) is 15.0. The molecule has 1 aliphatic carbocycles. The molecule has 1 aliphatic rings. The van der Waals surface area contributed by atoms with E-state index >= 15 is 0 Å². The van der Waals surface area contributed by atoms with Crippen molar-refractivity contribution >= 4 is 28.5 Å². The number of rotatable bonds is 4. The third-order valence-electron chi connectivity index (χ3n) is 3.98. The van der Waals surface area contributed by atoms with E-state index in [1.54, 1.807) is 0 Å². The number of carbonyl (C=O) groups excluding carboxylic acids is 1. The van der Waals surface area contributed by atoms with E-state index in [4.69, 9.17) is 11.6 Å². The minimum atomic E-state index is -0.160. The molecule has 112 valence electrons. The molecule has 2 amide bonds. The van der Waals surface area contributed by atoms with E-state index in [0.29, 0.717) is 12.6 Å². The van der Waals surface area contributed by atoms with Crippen LogP contribution in [-0.4, -0.2) is 23.6 Å². The number of hydrogen-bond donors (Lipinski definition) is 3. The normalized spacial score (nSPS) is 15.2. The topological polar surface area (TPSA) is 56.9 Å². The smallest absolute Gasteiger partial charge is 0.315 e. The van der Waals surface area contributed by atoms with Crippen LogP contribution in [0.3, 0.4) is 0 Å². The number of halogens is 1. The first-order valence-corrected chi connectivity index (χ1v) is 7.65. The zero-order valence-corrected chi connectivity index (χ0v) is 13.1. The minimum Gasteiger partial charge on any atom is -0.361 e. The fourth-order valence-electron chi connectivity index (χ4n) is 2.52. The number of hydrogen-bond acceptors (Lipinski definition) is 1. The first-order chi connectivity index (χ1) is 9.95. The van der Waals surface area contributed by atoms with Crippen LogP contribution in [0.1, 0.15) is 32.3 Å². The molecule has 2 aromatic rings. The second-order valence-corrected chi connectivity index (χ2v) is 6.81. The van der Waals surface area contributed by atoms with E-state index in [0.717, 1.165) is 28.8 Å². The van der Waals surface area contributed by atoms with Gasteiger partial charge in [0.1, 0.15) is 0 Å². The van der Waals surface area contributed by atoms with Crippen molar-refractivity contribution in [2.24, 2.45) is 0 Å². The molecule has 5 heteroatoms. The van der Waals surface area contributed by atoms with Gasteiger partial charge in [-0.3, -0.25) is 0 Å². The van der Waals surface area contributed by atoms with Crippen molar-refractivity contribution in [3.05, 3.63) is 35.0 Å². The Bertz CT molecular complexity index is 673. The van der Waals surface area contributed by atoms with E-state index in [1.807, 2.05) is 24.4 Å². The molecule has 0 atom stereocenters. The van der Waals surface area contributed by atoms with E-state index in [2.05, 4.69) is 29.5 Å². The molecule has 4 nitrogen and oxygen atoms in total. The Kier molecular flexibility index (Phi) is 3.57. The van der Waals surface area contributed by atoms with Crippen LogP contribution in [0.4, 0.5) is 4.79 Å². The number of carbonyl (C=O) groups is 1. The van der Waals surface area contributed by atoms with Crippen molar-refractivity contribution in [1.82, 2.24) is 15.6 Å². The number of fused-ring (bicyclic) bond motifs is 1. The van der Waals surface area contributed by atoms with Crippen LogP contribution in [0.5, 0.6) is 0 Å². The standard InChI is InChI=1S/C16H20ClN3O/c1-16(2,9-19-15(21)20-11-4-5-11)13-8-18-14-7-10(17)3-6-12(13)14/h3,6-8,11,18H,4-5,9H2,1-2H3,(H2,19,20,21). The first-order valence-electron chi connectivity index (χ1n) is 7.27. The molecule has 1 aromatic heterocycles. The summed E-state index contributed by atoms with van der Waals surface area (Å²) in [5, 5.41) is 7.77. The number of amides is 2. The number of urea groups is 1. The zero-order valence-electron chi connectivity index (χ0n) is 12.3. The van der Waals surface area contributed by atoms with Crippen LogP contribution < -0.4 is 10.6 Å². The molecule has 0 aliphatic heterocycles. The van der Waals surface area contributed by atoms with Crippen molar-refractivity contribution in [2.45, 2.75) is 38.1 Å². The van der Waals surface area contributed by atoms with Crippen LogP contribution >= 0.6 is 11.6 Å². The SMILES string of the molecule is CC(C)(CNC(=O)NC1CC1)c1c[nH]c2cc(Cl)ccc12. The van der Waals surface area contributed by atoms with Gasteiger partial charge in [0.05, 0.1) is 0 Å². The van der Waals surface area contributed by atoms with E-state index < -0.39 is 0 Å². The molecule has 1 fully saturated rings. The average molecular weight is 306 g/mol. The van der Waals surface area contributed by atoms with Crippen LogP contribution in [0.2, 0.25) is 5.02 Å². The van der Waals surface area contributed by atoms with Gasteiger partial charge in [-0.25, -0.2) is 4.79 Å². The predicted octanol–water partition coefficient (Wildman–Crippen LogP) is 3.56. The monoisotopic (exact) mass is 305 g/mol. The highest BCUT2D eigenvalue weighted by molar-refractivity contribution is 6.31. The lowest BCUT2D eigenvalue weighted by molar-refractivity contribution is 0.238. The molecule has 3 rings (SSSR count). The molecule has 21 heavy (non-hydrogen) atoms. The first kappa shape index (κ1) is 14.3. The fraction of sp³-hybridized carbons (Fsp3) is 0.438. The summed E-state index contributed by atoms with van der Waals surface area (Å²) in [5.41, 5.74) is 2.04. The molecular formula is C16H20ClN3O. The Labute approximate surface area is 129 Å². The van der Waals surface area contributed by atoms with Gasteiger partial charge >= 0.3 is 6.03 Å². The molecule has 0 radical (unpaired) electrons. The molecule has 0 saturated heterocycles. The summed E-state index contributed by atoms with van der Waals surface area (Å²) in [6.07, 6.45) is 4.20. The number of aromatic amines is 1. The Morgan fingerprint density at radius 3 is 2.90 bits per heavy atom. The molecule has 0 spiro atoms. The molecule has 0 unspecified atom stereocenters. The quantitative estimate of drug-likeness (QED) is 0.795. The van der Waals surface area contributed by atoms with E-state index in [9.17, 15) is 4.79 Å². The maximum atomic E-state index is 11.8. The number of H-pyrrole nitrogens is 1. The zero-order chi connectivity index (χ0) is 15.0. The van der Waals surface area contributed by atoms with Gasteiger partial charge in [0.2, 0.25) is 0 Å². The number of aromatic nitrogens is 1. The Morgan fingerprint density at radius 1 is 1.43 bits per heavy atom. The highest BCUT2D eigenvalue weighted by Crippen LogP contribution is 2.31. The largest absolute Gasteiger partial charge is 0.361 e. The Balaban J connectivity index is 1.74. The maximum Gasteiger partial charge on any atom is 0.315 e. The summed E-state index contributed by atoms with van der Waals surface area (Å²) in [5.74, 6) is 0. The van der Waals surface area contributed by atoms with Crippen molar-refractivity contribution in [3.63, 3.8) is 0 Å². The van der Waals surface area contributed by atoms with Gasteiger partial charge in [-0.1, -0.05) is 31.5 Å². The Hall–Kier alpha value is -1.68. The van der Waals surface area contributed by atoms with Crippen molar-refractivity contribution in [3.8, 4) is 0 Å². The summed E-state index contributed by atoms with van der Waals surface area (Å²) < 4.78 is 0. The van der Waals surface area contributed by atoms with Gasteiger partial charge < -0.3 is 15.6 Å². The number of nitrogens with one attached hydrogen (secondary N) is 3. The lowest BCUT2D eigenvalue weighted by Gasteiger charge is -2.25. The van der Waals surface area contributed by atoms with E-state index in [-0.39, 0.29) is 11.4 Å². The van der Waals surface area contributed by atoms with E-state index in [1.165, 1.54) is 5.56 Å². The van der Waals surface area contributed by atoms with Crippen LogP contribution in [0.15, 0.2) is 24.4 Å². The molecule has 1 saturated carbocycles. The third kappa shape index (κ3) is 3.16. The molecular weight excluding hydrogens is 286 g/mol. The van der Waals surface area contributed by atoms with Crippen molar-refractivity contribution in [1.29, 1.82) is 0 Å². The van der Waals surface area contributed by atoms with Gasteiger partial charge in [0.15, 0.2) is 0 Å². The summed E-state index contributed by atoms with van der Waals surface area (Å²) in [6.45, 7) is 4.84. The lowest BCUT2D eigenvalue weighted by Crippen LogP contribution is -2.43. The third-order valence-corrected chi connectivity index (χ3v) is 4.21. The second kappa shape index (κ2) is 5.26. The van der Waals surface area contributed by atoms with Gasteiger partial charge in [-0.05, 0) is 30.5 Å².